The molecule has 3 heteroatoms. The van der Waals surface area contributed by atoms with Crippen LogP contribution in [0.2, 0.25) is 0 Å². The third-order valence-electron chi connectivity index (χ3n) is 5.28. The third kappa shape index (κ3) is 3.45. The first-order valence-electron chi connectivity index (χ1n) is 8.32. The van der Waals surface area contributed by atoms with Gasteiger partial charge in [-0.1, -0.05) is 42.1 Å². The smallest absolute Gasteiger partial charge is 0.125 e. The van der Waals surface area contributed by atoms with Crippen LogP contribution in [-0.2, 0) is 12.8 Å². The fourth-order valence-electron chi connectivity index (χ4n) is 3.95. The van der Waals surface area contributed by atoms with E-state index in [2.05, 4.69) is 35.0 Å². The summed E-state index contributed by atoms with van der Waals surface area (Å²) in [6.45, 7) is 3.12. The van der Waals surface area contributed by atoms with Gasteiger partial charge in [0.1, 0.15) is 5.75 Å². The Morgan fingerprint density at radius 1 is 1.33 bits per heavy atom. The van der Waals surface area contributed by atoms with Gasteiger partial charge in [-0.05, 0) is 54.9 Å². The Kier molecular flexibility index (Phi) is 4.60. The minimum Gasteiger partial charge on any atom is -0.493 e. The van der Waals surface area contributed by atoms with E-state index >= 15 is 0 Å². The second kappa shape index (κ2) is 6.29. The maximum Gasteiger partial charge on any atom is 0.125 e. The van der Waals surface area contributed by atoms with Crippen molar-refractivity contribution in [1.82, 2.24) is 0 Å². The van der Waals surface area contributed by atoms with Gasteiger partial charge in [0, 0.05) is 16.4 Å². The third-order valence-corrected chi connectivity index (χ3v) is 5.74. The summed E-state index contributed by atoms with van der Waals surface area (Å²) in [6, 6.07) is 4.40. The van der Waals surface area contributed by atoms with Crippen molar-refractivity contribution in [1.29, 1.82) is 0 Å². The van der Waals surface area contributed by atoms with Crippen LogP contribution in [0.4, 0.5) is 0 Å². The summed E-state index contributed by atoms with van der Waals surface area (Å²) in [5, 5.41) is 0. The lowest BCUT2D eigenvalue weighted by molar-refractivity contribution is 0.333. The van der Waals surface area contributed by atoms with Gasteiger partial charge in [-0.25, -0.2) is 0 Å². The molecule has 2 nitrogen and oxygen atoms in total. The SMILES string of the molecule is CCC1CCCC(N)(Cc2cc(Br)cc3c2OCC3)CC1. The van der Waals surface area contributed by atoms with Gasteiger partial charge in [-0.3, -0.25) is 0 Å². The molecule has 1 saturated carbocycles. The van der Waals surface area contributed by atoms with Crippen LogP contribution in [0.1, 0.15) is 56.6 Å². The van der Waals surface area contributed by atoms with Crippen LogP contribution in [0, 0.1) is 5.92 Å². The number of rotatable bonds is 3. The first kappa shape index (κ1) is 15.4. The number of hydrogen-bond donors (Lipinski definition) is 1. The molecule has 116 valence electrons. The lowest BCUT2D eigenvalue weighted by Crippen LogP contribution is -2.41. The molecule has 0 saturated heterocycles. The molecule has 1 fully saturated rings. The highest BCUT2D eigenvalue weighted by Gasteiger charge is 2.31. The summed E-state index contributed by atoms with van der Waals surface area (Å²) in [5.74, 6) is 1.99. The van der Waals surface area contributed by atoms with Crippen molar-refractivity contribution < 1.29 is 4.74 Å². The van der Waals surface area contributed by atoms with Crippen molar-refractivity contribution in [3.63, 3.8) is 0 Å². The average Bonchev–Trinajstić information content (AvgIpc) is 2.82. The van der Waals surface area contributed by atoms with E-state index in [1.807, 2.05) is 0 Å². The molecule has 0 aromatic heterocycles. The van der Waals surface area contributed by atoms with Gasteiger partial charge >= 0.3 is 0 Å². The van der Waals surface area contributed by atoms with Crippen LogP contribution in [0.25, 0.3) is 0 Å². The molecule has 1 aliphatic carbocycles. The fourth-order valence-corrected chi connectivity index (χ4v) is 4.50. The molecule has 2 N–H and O–H groups in total. The summed E-state index contributed by atoms with van der Waals surface area (Å²) in [4.78, 5) is 0. The zero-order chi connectivity index (χ0) is 14.9. The topological polar surface area (TPSA) is 35.2 Å². The van der Waals surface area contributed by atoms with Gasteiger partial charge in [0.2, 0.25) is 0 Å². The van der Waals surface area contributed by atoms with Gasteiger partial charge in [0.15, 0.2) is 0 Å². The molecular formula is C18H26BrNO. The maximum absolute atomic E-state index is 6.78. The first-order chi connectivity index (χ1) is 10.1. The van der Waals surface area contributed by atoms with Crippen molar-refractivity contribution >= 4 is 15.9 Å². The van der Waals surface area contributed by atoms with E-state index in [-0.39, 0.29) is 5.54 Å². The average molecular weight is 352 g/mol. The van der Waals surface area contributed by atoms with E-state index in [1.54, 1.807) is 0 Å². The van der Waals surface area contributed by atoms with Gasteiger partial charge in [0.05, 0.1) is 6.61 Å². The maximum atomic E-state index is 6.78. The van der Waals surface area contributed by atoms with Gasteiger partial charge in [-0.2, -0.15) is 0 Å². The van der Waals surface area contributed by atoms with Gasteiger partial charge in [0.25, 0.3) is 0 Å². The van der Waals surface area contributed by atoms with Crippen molar-refractivity contribution in [3.8, 4) is 5.75 Å². The van der Waals surface area contributed by atoms with Crippen LogP contribution >= 0.6 is 15.9 Å². The Balaban J connectivity index is 1.80. The van der Waals surface area contributed by atoms with Gasteiger partial charge < -0.3 is 10.5 Å². The van der Waals surface area contributed by atoms with E-state index in [9.17, 15) is 0 Å². The van der Waals surface area contributed by atoms with Crippen LogP contribution in [-0.4, -0.2) is 12.1 Å². The number of ether oxygens (including phenoxy) is 1. The Bertz CT molecular complexity index is 516. The lowest BCUT2D eigenvalue weighted by atomic mass is 9.84. The normalized spacial score (nSPS) is 28.8. The van der Waals surface area contributed by atoms with Crippen LogP contribution < -0.4 is 10.5 Å². The number of nitrogens with two attached hydrogens (primary N) is 1. The first-order valence-corrected chi connectivity index (χ1v) is 9.12. The Labute approximate surface area is 136 Å². The Hall–Kier alpha value is -0.540. The molecule has 3 rings (SSSR count). The van der Waals surface area contributed by atoms with Crippen LogP contribution in [0.15, 0.2) is 16.6 Å². The Morgan fingerprint density at radius 2 is 2.19 bits per heavy atom. The molecule has 0 amide bonds. The molecule has 2 atom stereocenters. The van der Waals surface area contributed by atoms with E-state index in [0.29, 0.717) is 0 Å². The molecule has 21 heavy (non-hydrogen) atoms. The molecule has 2 aliphatic rings. The summed E-state index contributed by atoms with van der Waals surface area (Å²) in [7, 11) is 0. The summed E-state index contributed by atoms with van der Waals surface area (Å²) in [5.41, 5.74) is 9.37. The molecule has 0 bridgehead atoms. The van der Waals surface area contributed by atoms with Crippen LogP contribution in [0.5, 0.6) is 5.75 Å². The van der Waals surface area contributed by atoms with Crippen molar-refractivity contribution in [2.45, 2.75) is 63.8 Å². The zero-order valence-electron chi connectivity index (χ0n) is 13.0. The lowest BCUT2D eigenvalue weighted by Gasteiger charge is -2.29. The summed E-state index contributed by atoms with van der Waals surface area (Å²) < 4.78 is 7.03. The van der Waals surface area contributed by atoms with Crippen molar-refractivity contribution in [2.24, 2.45) is 11.7 Å². The monoisotopic (exact) mass is 351 g/mol. The van der Waals surface area contributed by atoms with Gasteiger partial charge in [-0.15, -0.1) is 0 Å². The molecule has 1 heterocycles. The summed E-state index contributed by atoms with van der Waals surface area (Å²) >= 11 is 3.64. The number of benzene rings is 1. The molecule has 2 unspecified atom stereocenters. The number of fused-ring (bicyclic) bond motifs is 1. The quantitative estimate of drug-likeness (QED) is 0.806. The highest BCUT2D eigenvalue weighted by molar-refractivity contribution is 9.10. The fraction of sp³-hybridized carbons (Fsp3) is 0.667. The second-order valence-electron chi connectivity index (χ2n) is 6.90. The number of hydrogen-bond acceptors (Lipinski definition) is 2. The minimum atomic E-state index is -0.0512. The number of halogens is 1. The van der Waals surface area contributed by atoms with Crippen molar-refractivity contribution in [3.05, 3.63) is 27.7 Å². The predicted octanol–water partition coefficient (Wildman–Crippen LogP) is 4.61. The molecule has 1 aromatic carbocycles. The Morgan fingerprint density at radius 3 is 3.00 bits per heavy atom. The highest BCUT2D eigenvalue weighted by atomic mass is 79.9. The van der Waals surface area contributed by atoms with Crippen LogP contribution in [0.3, 0.4) is 0 Å². The van der Waals surface area contributed by atoms with E-state index in [1.165, 1.54) is 36.8 Å². The molecular weight excluding hydrogens is 326 g/mol. The molecule has 1 aliphatic heterocycles. The predicted molar refractivity (Wildman–Crippen MR) is 90.8 cm³/mol. The minimum absolute atomic E-state index is 0.0512. The standard InChI is InChI=1S/C18H26BrNO/c1-2-13-4-3-7-18(20,8-5-13)12-15-11-16(19)10-14-6-9-21-17(14)15/h10-11,13H,2-9,12,20H2,1H3. The highest BCUT2D eigenvalue weighted by Crippen LogP contribution is 2.38. The van der Waals surface area contributed by atoms with Crippen molar-refractivity contribution in [2.75, 3.05) is 6.61 Å². The largest absolute Gasteiger partial charge is 0.493 e. The molecule has 0 spiro atoms. The zero-order valence-corrected chi connectivity index (χ0v) is 14.5. The molecule has 0 radical (unpaired) electrons. The second-order valence-corrected chi connectivity index (χ2v) is 7.81. The van der Waals surface area contributed by atoms with E-state index < -0.39 is 0 Å². The van der Waals surface area contributed by atoms with E-state index in [0.717, 1.165) is 48.4 Å². The van der Waals surface area contributed by atoms with E-state index in [4.69, 9.17) is 10.5 Å². The summed E-state index contributed by atoms with van der Waals surface area (Å²) in [6.07, 6.45) is 9.46. The molecule has 1 aromatic rings.